The van der Waals surface area contributed by atoms with E-state index < -0.39 is 0 Å². The van der Waals surface area contributed by atoms with Gasteiger partial charge in [-0.15, -0.1) is 0 Å². The quantitative estimate of drug-likeness (QED) is 0.329. The number of ether oxygens (including phenoxy) is 1. The van der Waals surface area contributed by atoms with Crippen LogP contribution >= 0.6 is 0 Å². The van der Waals surface area contributed by atoms with E-state index in [2.05, 4.69) is 19.1 Å². The molecule has 0 aliphatic rings. The molecule has 0 N–H and O–H groups in total. The molecule has 0 atom stereocenters. The van der Waals surface area contributed by atoms with E-state index in [0.29, 0.717) is 13.0 Å². The van der Waals surface area contributed by atoms with Gasteiger partial charge in [0, 0.05) is 6.42 Å². The van der Waals surface area contributed by atoms with Crippen LogP contribution in [0.5, 0.6) is 0 Å². The lowest BCUT2D eigenvalue weighted by Crippen LogP contribution is -2.03. The summed E-state index contributed by atoms with van der Waals surface area (Å²) in [5.74, 6) is -0.0496. The SMILES string of the molecule is C/C=C\CCCCCCCC(=O)OCC. The van der Waals surface area contributed by atoms with Crippen molar-refractivity contribution in [3.8, 4) is 0 Å². The molecule has 0 saturated carbocycles. The van der Waals surface area contributed by atoms with Gasteiger partial charge in [-0.1, -0.05) is 31.4 Å². The Bertz CT molecular complexity index is 173. The summed E-state index contributed by atoms with van der Waals surface area (Å²) < 4.78 is 4.85. The van der Waals surface area contributed by atoms with E-state index in [1.165, 1.54) is 25.7 Å². The van der Waals surface area contributed by atoms with Crippen molar-refractivity contribution in [1.82, 2.24) is 0 Å². The molecule has 0 rings (SSSR count). The molecule has 0 unspecified atom stereocenters. The Labute approximate surface area is 93.7 Å². The third-order valence-corrected chi connectivity index (χ3v) is 2.29. The van der Waals surface area contributed by atoms with E-state index in [0.717, 1.165) is 12.8 Å². The first kappa shape index (κ1) is 14.2. The molecule has 0 amide bonds. The zero-order valence-corrected chi connectivity index (χ0v) is 10.1. The summed E-state index contributed by atoms with van der Waals surface area (Å²) in [6.45, 7) is 4.40. The largest absolute Gasteiger partial charge is 0.466 e. The van der Waals surface area contributed by atoms with Crippen molar-refractivity contribution in [2.75, 3.05) is 6.61 Å². The number of hydrogen-bond acceptors (Lipinski definition) is 2. The second kappa shape index (κ2) is 11.3. The summed E-state index contributed by atoms with van der Waals surface area (Å²) in [7, 11) is 0. The molecule has 0 aromatic rings. The summed E-state index contributed by atoms with van der Waals surface area (Å²) in [5, 5.41) is 0. The molecule has 2 heteroatoms. The minimum atomic E-state index is -0.0496. The van der Waals surface area contributed by atoms with Crippen molar-refractivity contribution >= 4 is 5.97 Å². The van der Waals surface area contributed by atoms with E-state index >= 15 is 0 Å². The van der Waals surface area contributed by atoms with Gasteiger partial charge in [-0.3, -0.25) is 4.79 Å². The molecule has 0 aromatic heterocycles. The van der Waals surface area contributed by atoms with E-state index in [1.54, 1.807) is 0 Å². The minimum Gasteiger partial charge on any atom is -0.466 e. The molecule has 15 heavy (non-hydrogen) atoms. The summed E-state index contributed by atoms with van der Waals surface area (Å²) in [4.78, 5) is 11.0. The molecule has 0 heterocycles. The average Bonchev–Trinajstić information content (AvgIpc) is 2.22. The molecule has 0 fully saturated rings. The number of esters is 1. The van der Waals surface area contributed by atoms with Crippen LogP contribution in [0.1, 0.15) is 58.8 Å². The fraction of sp³-hybridized carbons (Fsp3) is 0.769. The van der Waals surface area contributed by atoms with Gasteiger partial charge in [0.1, 0.15) is 0 Å². The Hall–Kier alpha value is -0.790. The molecular weight excluding hydrogens is 188 g/mol. The van der Waals surface area contributed by atoms with Crippen LogP contribution in [0.4, 0.5) is 0 Å². The van der Waals surface area contributed by atoms with Gasteiger partial charge < -0.3 is 4.74 Å². The van der Waals surface area contributed by atoms with Crippen LogP contribution in [0.15, 0.2) is 12.2 Å². The first-order valence-corrected chi connectivity index (χ1v) is 6.08. The standard InChI is InChI=1S/C13H24O2/c1-3-5-6-7-8-9-10-11-12-13(14)15-4-2/h3,5H,4,6-12H2,1-2H3/b5-3-. The number of unbranched alkanes of at least 4 members (excludes halogenated alkanes) is 5. The number of rotatable bonds is 9. The summed E-state index contributed by atoms with van der Waals surface area (Å²) in [6, 6.07) is 0. The maximum atomic E-state index is 11.0. The predicted octanol–water partition coefficient (Wildman–Crippen LogP) is 3.86. The van der Waals surface area contributed by atoms with Gasteiger partial charge in [0.15, 0.2) is 0 Å². The maximum absolute atomic E-state index is 11.0. The Balaban J connectivity index is 3.07. The van der Waals surface area contributed by atoms with Crippen molar-refractivity contribution in [2.45, 2.75) is 58.8 Å². The Morgan fingerprint density at radius 1 is 1.13 bits per heavy atom. The molecular formula is C13H24O2. The fourth-order valence-electron chi connectivity index (χ4n) is 1.46. The highest BCUT2D eigenvalue weighted by atomic mass is 16.5. The van der Waals surface area contributed by atoms with Crippen LogP contribution in [0, 0.1) is 0 Å². The molecule has 0 radical (unpaired) electrons. The zero-order chi connectivity index (χ0) is 11.4. The third kappa shape index (κ3) is 11.1. The number of allylic oxidation sites excluding steroid dienone is 2. The maximum Gasteiger partial charge on any atom is 0.305 e. The van der Waals surface area contributed by atoms with Gasteiger partial charge in [0.25, 0.3) is 0 Å². The summed E-state index contributed by atoms with van der Waals surface area (Å²) in [6.07, 6.45) is 12.0. The van der Waals surface area contributed by atoms with Crippen LogP contribution < -0.4 is 0 Å². The van der Waals surface area contributed by atoms with Gasteiger partial charge >= 0.3 is 5.97 Å². The molecule has 0 spiro atoms. The lowest BCUT2D eigenvalue weighted by Gasteiger charge is -2.01. The van der Waals surface area contributed by atoms with Gasteiger partial charge in [-0.05, 0) is 33.1 Å². The van der Waals surface area contributed by atoms with Gasteiger partial charge in [-0.25, -0.2) is 0 Å². The predicted molar refractivity (Wildman–Crippen MR) is 63.8 cm³/mol. The smallest absolute Gasteiger partial charge is 0.305 e. The van der Waals surface area contributed by atoms with Gasteiger partial charge in [-0.2, -0.15) is 0 Å². The van der Waals surface area contributed by atoms with E-state index in [4.69, 9.17) is 4.74 Å². The third-order valence-electron chi connectivity index (χ3n) is 2.29. The minimum absolute atomic E-state index is 0.0496. The zero-order valence-electron chi connectivity index (χ0n) is 10.1. The highest BCUT2D eigenvalue weighted by molar-refractivity contribution is 5.69. The lowest BCUT2D eigenvalue weighted by atomic mass is 10.1. The molecule has 88 valence electrons. The highest BCUT2D eigenvalue weighted by Gasteiger charge is 1.99. The Kier molecular flexibility index (Phi) is 10.7. The normalized spacial score (nSPS) is 10.8. The van der Waals surface area contributed by atoms with Crippen molar-refractivity contribution in [1.29, 1.82) is 0 Å². The van der Waals surface area contributed by atoms with Gasteiger partial charge in [0.05, 0.1) is 6.61 Å². The lowest BCUT2D eigenvalue weighted by molar-refractivity contribution is -0.143. The van der Waals surface area contributed by atoms with Crippen LogP contribution in [-0.4, -0.2) is 12.6 Å². The summed E-state index contributed by atoms with van der Waals surface area (Å²) >= 11 is 0. The van der Waals surface area contributed by atoms with Crippen molar-refractivity contribution in [2.24, 2.45) is 0 Å². The number of carbonyl (C=O) groups excluding carboxylic acids is 1. The van der Waals surface area contributed by atoms with E-state index in [9.17, 15) is 4.79 Å². The molecule has 0 aromatic carbocycles. The number of hydrogen-bond donors (Lipinski definition) is 0. The molecule has 2 nitrogen and oxygen atoms in total. The van der Waals surface area contributed by atoms with E-state index in [-0.39, 0.29) is 5.97 Å². The molecule has 0 bridgehead atoms. The topological polar surface area (TPSA) is 26.3 Å². The van der Waals surface area contributed by atoms with Gasteiger partial charge in [0.2, 0.25) is 0 Å². The average molecular weight is 212 g/mol. The molecule has 0 aliphatic heterocycles. The van der Waals surface area contributed by atoms with Crippen LogP contribution in [-0.2, 0) is 9.53 Å². The van der Waals surface area contributed by atoms with Crippen LogP contribution in [0.3, 0.4) is 0 Å². The monoisotopic (exact) mass is 212 g/mol. The second-order valence-electron chi connectivity index (χ2n) is 3.68. The van der Waals surface area contributed by atoms with Crippen LogP contribution in [0.25, 0.3) is 0 Å². The highest BCUT2D eigenvalue weighted by Crippen LogP contribution is 2.08. The first-order chi connectivity index (χ1) is 7.31. The van der Waals surface area contributed by atoms with Crippen molar-refractivity contribution in [3.63, 3.8) is 0 Å². The van der Waals surface area contributed by atoms with Crippen molar-refractivity contribution < 1.29 is 9.53 Å². The Morgan fingerprint density at radius 3 is 2.47 bits per heavy atom. The van der Waals surface area contributed by atoms with Crippen molar-refractivity contribution in [3.05, 3.63) is 12.2 Å². The summed E-state index contributed by atoms with van der Waals surface area (Å²) in [5.41, 5.74) is 0. The molecule has 0 saturated heterocycles. The molecule has 0 aliphatic carbocycles. The number of carbonyl (C=O) groups is 1. The van der Waals surface area contributed by atoms with Crippen LogP contribution in [0.2, 0.25) is 0 Å². The Morgan fingerprint density at radius 2 is 1.80 bits per heavy atom. The fourth-order valence-corrected chi connectivity index (χ4v) is 1.46. The second-order valence-corrected chi connectivity index (χ2v) is 3.68. The first-order valence-electron chi connectivity index (χ1n) is 6.08. The van der Waals surface area contributed by atoms with E-state index in [1.807, 2.05) is 6.92 Å².